The van der Waals surface area contributed by atoms with Crippen LogP contribution in [0.1, 0.15) is 12.5 Å². The molecule has 0 unspecified atom stereocenters. The minimum Gasteiger partial charge on any atom is -0.493 e. The number of carboxylic acids is 1. The van der Waals surface area contributed by atoms with E-state index in [1.165, 1.54) is 37.1 Å². The summed E-state index contributed by atoms with van der Waals surface area (Å²) in [7, 11) is 1.40. The second-order valence-electron chi connectivity index (χ2n) is 6.44. The van der Waals surface area contributed by atoms with Gasteiger partial charge in [-0.3, -0.25) is 19.8 Å². The van der Waals surface area contributed by atoms with Crippen molar-refractivity contribution in [2.24, 2.45) is 0 Å². The normalized spacial score (nSPS) is 16.2. The van der Waals surface area contributed by atoms with Crippen molar-refractivity contribution < 1.29 is 29.0 Å². The van der Waals surface area contributed by atoms with Gasteiger partial charge in [-0.1, -0.05) is 22.0 Å². The number of carbonyl (C=O) groups excluding carboxylic acids is 2. The number of amides is 2. The largest absolute Gasteiger partial charge is 0.493 e. The van der Waals surface area contributed by atoms with E-state index in [1.807, 2.05) is 0 Å². The second-order valence-corrected chi connectivity index (χ2v) is 7.75. The lowest BCUT2D eigenvalue weighted by molar-refractivity contribution is -0.144. The summed E-state index contributed by atoms with van der Waals surface area (Å²) < 4.78 is 11.5. The molecule has 1 saturated heterocycles. The Balaban J connectivity index is 1.94. The summed E-state index contributed by atoms with van der Waals surface area (Å²) in [6, 6.07) is 11.5. The molecule has 0 aliphatic carbocycles. The van der Waals surface area contributed by atoms with E-state index in [1.54, 1.807) is 30.3 Å². The number of rotatable bonds is 6. The zero-order valence-corrected chi connectivity index (χ0v) is 18.8. The van der Waals surface area contributed by atoms with Crippen LogP contribution in [0.2, 0.25) is 0 Å². The summed E-state index contributed by atoms with van der Waals surface area (Å²) in [6.07, 6.45) is 0.322. The molecule has 0 aromatic heterocycles. The highest BCUT2D eigenvalue weighted by Gasteiger charge is 2.34. The Morgan fingerprint density at radius 3 is 2.48 bits per heavy atom. The molecule has 2 aromatic rings. The van der Waals surface area contributed by atoms with Crippen molar-refractivity contribution in [1.82, 2.24) is 5.32 Å². The number of methoxy groups -OCH3 is 1. The third-order valence-electron chi connectivity index (χ3n) is 4.34. The van der Waals surface area contributed by atoms with Gasteiger partial charge in [0.15, 0.2) is 22.7 Å². The Morgan fingerprint density at radius 1 is 1.19 bits per heavy atom. The number of anilines is 1. The number of nitrogens with zero attached hydrogens (tertiary/aromatic N) is 1. The number of benzene rings is 2. The quantitative estimate of drug-likeness (QED) is 0.353. The van der Waals surface area contributed by atoms with Crippen LogP contribution in [0.3, 0.4) is 0 Å². The van der Waals surface area contributed by atoms with Gasteiger partial charge >= 0.3 is 5.97 Å². The van der Waals surface area contributed by atoms with Crippen molar-refractivity contribution in [3.8, 4) is 11.5 Å². The molecule has 2 N–H and O–H groups in total. The molecule has 1 fully saturated rings. The standard InChI is InChI=1S/C21H17BrN2O6S/c1-11(20(27)28)30-16-8-3-12(10-17(16)29-2)9-15-18(25)23-21(31)24(19(15)26)14-6-4-13(22)5-7-14/h3-11H,1-2H3,(H,27,28)(H,23,25,31)/b15-9+/t11-/m0/s1. The minimum atomic E-state index is -1.12. The van der Waals surface area contributed by atoms with Gasteiger partial charge in [0.25, 0.3) is 11.8 Å². The molecule has 0 bridgehead atoms. The Labute approximate surface area is 191 Å². The number of aliphatic carboxylic acids is 1. The van der Waals surface area contributed by atoms with Gasteiger partial charge in [0.2, 0.25) is 0 Å². The molecule has 1 heterocycles. The molecule has 1 aliphatic rings. The predicted molar refractivity (Wildman–Crippen MR) is 121 cm³/mol. The van der Waals surface area contributed by atoms with Crippen molar-refractivity contribution in [3.63, 3.8) is 0 Å². The topological polar surface area (TPSA) is 105 Å². The second kappa shape index (κ2) is 9.27. The number of halogens is 1. The number of carboxylic acid groups (broad SMARTS) is 1. The average Bonchev–Trinajstić information content (AvgIpc) is 2.73. The molecule has 1 aliphatic heterocycles. The summed E-state index contributed by atoms with van der Waals surface area (Å²) >= 11 is 8.52. The zero-order valence-electron chi connectivity index (χ0n) is 16.4. The highest BCUT2D eigenvalue weighted by molar-refractivity contribution is 9.10. The van der Waals surface area contributed by atoms with Crippen LogP contribution in [0.4, 0.5) is 5.69 Å². The highest BCUT2D eigenvalue weighted by Crippen LogP contribution is 2.31. The van der Waals surface area contributed by atoms with E-state index in [0.717, 1.165) is 4.47 Å². The molecule has 31 heavy (non-hydrogen) atoms. The van der Waals surface area contributed by atoms with Crippen molar-refractivity contribution in [2.45, 2.75) is 13.0 Å². The van der Waals surface area contributed by atoms with Crippen LogP contribution in [-0.2, 0) is 14.4 Å². The monoisotopic (exact) mass is 504 g/mol. The van der Waals surface area contributed by atoms with Crippen LogP contribution >= 0.6 is 28.1 Å². The van der Waals surface area contributed by atoms with E-state index in [-0.39, 0.29) is 22.2 Å². The first kappa shape index (κ1) is 22.4. The maximum absolute atomic E-state index is 13.1. The fourth-order valence-corrected chi connectivity index (χ4v) is 3.31. The molecule has 1 atom stereocenters. The molecule has 3 rings (SSSR count). The predicted octanol–water partition coefficient (Wildman–Crippen LogP) is 3.14. The Hall–Kier alpha value is -3.24. The van der Waals surface area contributed by atoms with E-state index in [4.69, 9.17) is 26.8 Å². The first-order valence-electron chi connectivity index (χ1n) is 8.95. The van der Waals surface area contributed by atoms with Crippen LogP contribution in [0.25, 0.3) is 6.08 Å². The van der Waals surface area contributed by atoms with Gasteiger partial charge in [0, 0.05) is 4.47 Å². The smallest absolute Gasteiger partial charge is 0.344 e. The van der Waals surface area contributed by atoms with Crippen molar-refractivity contribution in [3.05, 3.63) is 58.1 Å². The Kier molecular flexibility index (Phi) is 6.71. The number of nitrogens with one attached hydrogen (secondary N) is 1. The molecule has 0 radical (unpaired) electrons. The maximum Gasteiger partial charge on any atom is 0.344 e. The zero-order chi connectivity index (χ0) is 22.7. The number of hydrogen-bond acceptors (Lipinski definition) is 6. The Morgan fingerprint density at radius 2 is 1.87 bits per heavy atom. The van der Waals surface area contributed by atoms with Crippen LogP contribution in [0, 0.1) is 0 Å². The van der Waals surface area contributed by atoms with E-state index >= 15 is 0 Å². The average molecular weight is 505 g/mol. The minimum absolute atomic E-state index is 0.0153. The number of ether oxygens (including phenoxy) is 2. The van der Waals surface area contributed by atoms with Gasteiger partial charge in [-0.15, -0.1) is 0 Å². The molecule has 2 amide bonds. The van der Waals surface area contributed by atoms with Gasteiger partial charge in [-0.2, -0.15) is 0 Å². The lowest BCUT2D eigenvalue weighted by Crippen LogP contribution is -2.54. The number of thiocarbonyl (C=S) groups is 1. The summed E-state index contributed by atoms with van der Waals surface area (Å²) in [4.78, 5) is 37.8. The van der Waals surface area contributed by atoms with Gasteiger partial charge in [0.05, 0.1) is 12.8 Å². The summed E-state index contributed by atoms with van der Waals surface area (Å²) in [6.45, 7) is 1.39. The van der Waals surface area contributed by atoms with Crippen LogP contribution in [0.15, 0.2) is 52.5 Å². The molecule has 2 aromatic carbocycles. The molecule has 0 spiro atoms. The van der Waals surface area contributed by atoms with Gasteiger partial charge < -0.3 is 14.6 Å². The first-order chi connectivity index (χ1) is 14.7. The fraction of sp³-hybridized carbons (Fsp3) is 0.143. The summed E-state index contributed by atoms with van der Waals surface area (Å²) in [5.74, 6) is -1.85. The lowest BCUT2D eigenvalue weighted by atomic mass is 10.1. The lowest BCUT2D eigenvalue weighted by Gasteiger charge is -2.29. The molecule has 10 heteroatoms. The molecule has 0 saturated carbocycles. The van der Waals surface area contributed by atoms with Crippen LogP contribution < -0.4 is 19.7 Å². The molecular weight excluding hydrogens is 488 g/mol. The first-order valence-corrected chi connectivity index (χ1v) is 10.2. The van der Waals surface area contributed by atoms with Crippen molar-refractivity contribution in [2.75, 3.05) is 12.0 Å². The SMILES string of the molecule is COc1cc(/C=C2\C(=O)NC(=S)N(c3ccc(Br)cc3)C2=O)ccc1O[C@@H](C)C(=O)O. The molecule has 8 nitrogen and oxygen atoms in total. The highest BCUT2D eigenvalue weighted by atomic mass is 79.9. The van der Waals surface area contributed by atoms with E-state index in [2.05, 4.69) is 21.2 Å². The fourth-order valence-electron chi connectivity index (χ4n) is 2.76. The van der Waals surface area contributed by atoms with Gasteiger partial charge in [-0.25, -0.2) is 4.79 Å². The van der Waals surface area contributed by atoms with Crippen molar-refractivity contribution in [1.29, 1.82) is 0 Å². The molecular formula is C21H17BrN2O6S. The molecule has 160 valence electrons. The van der Waals surface area contributed by atoms with E-state index in [9.17, 15) is 14.4 Å². The van der Waals surface area contributed by atoms with E-state index < -0.39 is 23.9 Å². The van der Waals surface area contributed by atoms with Crippen LogP contribution in [-0.4, -0.2) is 41.2 Å². The summed E-state index contributed by atoms with van der Waals surface area (Å²) in [5.41, 5.74) is 0.869. The van der Waals surface area contributed by atoms with Gasteiger partial charge in [0.1, 0.15) is 5.57 Å². The third-order valence-corrected chi connectivity index (χ3v) is 5.15. The summed E-state index contributed by atoms with van der Waals surface area (Å²) in [5, 5.41) is 11.5. The maximum atomic E-state index is 13.1. The Bertz CT molecular complexity index is 1100. The van der Waals surface area contributed by atoms with Gasteiger partial charge in [-0.05, 0) is 67.2 Å². The van der Waals surface area contributed by atoms with E-state index in [0.29, 0.717) is 11.3 Å². The van der Waals surface area contributed by atoms with Crippen molar-refractivity contribution >= 4 is 62.8 Å². The number of carbonyl (C=O) groups is 3. The third kappa shape index (κ3) is 4.92. The number of hydrogen-bond donors (Lipinski definition) is 2. The van der Waals surface area contributed by atoms with Crippen LogP contribution in [0.5, 0.6) is 11.5 Å².